The standard InChI is InChI=1S/C13H20N4S/c1-9-7-11(4-6-17(9)2)16-10-3-5-15-12(8-10)13(14)18/h3,5,8-9,11H,4,6-7H2,1-2H3,(H2,14,18)(H,15,16). The van der Waals surface area contributed by atoms with Crippen LogP contribution < -0.4 is 11.1 Å². The van der Waals surface area contributed by atoms with E-state index in [0.717, 1.165) is 25.1 Å². The van der Waals surface area contributed by atoms with E-state index in [9.17, 15) is 0 Å². The third-order valence-electron chi connectivity index (χ3n) is 3.59. The normalized spacial score (nSPS) is 24.8. The van der Waals surface area contributed by atoms with Crippen molar-refractivity contribution in [2.75, 3.05) is 18.9 Å². The van der Waals surface area contributed by atoms with Gasteiger partial charge in [0.15, 0.2) is 0 Å². The van der Waals surface area contributed by atoms with E-state index in [1.807, 2.05) is 12.1 Å². The topological polar surface area (TPSA) is 54.2 Å². The van der Waals surface area contributed by atoms with Gasteiger partial charge >= 0.3 is 0 Å². The van der Waals surface area contributed by atoms with E-state index in [1.165, 1.54) is 0 Å². The zero-order chi connectivity index (χ0) is 13.1. The number of hydrogen-bond donors (Lipinski definition) is 2. The molecule has 1 aromatic heterocycles. The van der Waals surface area contributed by atoms with Crippen molar-refractivity contribution < 1.29 is 0 Å². The summed E-state index contributed by atoms with van der Waals surface area (Å²) >= 11 is 4.94. The lowest BCUT2D eigenvalue weighted by Gasteiger charge is -2.35. The fraction of sp³-hybridized carbons (Fsp3) is 0.538. The van der Waals surface area contributed by atoms with E-state index in [1.54, 1.807) is 6.20 Å². The van der Waals surface area contributed by atoms with Gasteiger partial charge in [0.1, 0.15) is 4.99 Å². The number of piperidine rings is 1. The van der Waals surface area contributed by atoms with Gasteiger partial charge in [0.05, 0.1) is 5.69 Å². The lowest BCUT2D eigenvalue weighted by Crippen LogP contribution is -2.42. The predicted octanol–water partition coefficient (Wildman–Crippen LogP) is 1.61. The molecule has 3 N–H and O–H groups in total. The number of nitrogens with zero attached hydrogens (tertiary/aromatic N) is 2. The summed E-state index contributed by atoms with van der Waals surface area (Å²) in [7, 11) is 2.18. The highest BCUT2D eigenvalue weighted by atomic mass is 32.1. The number of nitrogens with two attached hydrogens (primary N) is 1. The first-order valence-corrected chi connectivity index (χ1v) is 6.69. The second kappa shape index (κ2) is 5.63. The summed E-state index contributed by atoms with van der Waals surface area (Å²) in [6, 6.07) is 5.02. The van der Waals surface area contributed by atoms with Crippen LogP contribution in [0.1, 0.15) is 25.5 Å². The van der Waals surface area contributed by atoms with Gasteiger partial charge in [-0.2, -0.15) is 0 Å². The number of rotatable bonds is 3. The minimum absolute atomic E-state index is 0.343. The minimum Gasteiger partial charge on any atom is -0.388 e. The maximum Gasteiger partial charge on any atom is 0.122 e. The molecule has 1 fully saturated rings. The molecule has 1 saturated heterocycles. The Morgan fingerprint density at radius 2 is 2.39 bits per heavy atom. The number of likely N-dealkylation sites (tertiary alicyclic amines) is 1. The number of nitrogens with one attached hydrogen (secondary N) is 1. The molecule has 18 heavy (non-hydrogen) atoms. The fourth-order valence-corrected chi connectivity index (χ4v) is 2.42. The average Bonchev–Trinajstić information content (AvgIpc) is 2.34. The van der Waals surface area contributed by atoms with Crippen LogP contribution in [0.2, 0.25) is 0 Å². The van der Waals surface area contributed by atoms with Gasteiger partial charge in [-0.1, -0.05) is 12.2 Å². The molecule has 0 radical (unpaired) electrons. The highest BCUT2D eigenvalue weighted by molar-refractivity contribution is 7.80. The molecular formula is C13H20N4S. The molecule has 5 heteroatoms. The minimum atomic E-state index is 0.343. The Labute approximate surface area is 114 Å². The SMILES string of the molecule is CC1CC(Nc2ccnc(C(N)=S)c2)CCN1C. The molecule has 0 amide bonds. The van der Waals surface area contributed by atoms with Gasteiger partial charge in [-0.3, -0.25) is 4.98 Å². The first kappa shape index (κ1) is 13.2. The van der Waals surface area contributed by atoms with Crippen LogP contribution in [0.4, 0.5) is 5.69 Å². The van der Waals surface area contributed by atoms with Crippen LogP contribution in [0.25, 0.3) is 0 Å². The Kier molecular flexibility index (Phi) is 4.14. The van der Waals surface area contributed by atoms with E-state index in [-0.39, 0.29) is 0 Å². The molecule has 0 bridgehead atoms. The molecule has 4 nitrogen and oxygen atoms in total. The van der Waals surface area contributed by atoms with Crippen LogP contribution in [-0.2, 0) is 0 Å². The molecule has 0 saturated carbocycles. The second-order valence-corrected chi connectivity index (χ2v) is 5.43. The van der Waals surface area contributed by atoms with E-state index in [2.05, 4.69) is 29.2 Å². The molecule has 2 unspecified atom stereocenters. The van der Waals surface area contributed by atoms with E-state index in [0.29, 0.717) is 22.8 Å². The summed E-state index contributed by atoms with van der Waals surface area (Å²) in [6.45, 7) is 3.40. The first-order valence-electron chi connectivity index (χ1n) is 6.29. The van der Waals surface area contributed by atoms with E-state index < -0.39 is 0 Å². The van der Waals surface area contributed by atoms with Gasteiger partial charge in [-0.05, 0) is 38.9 Å². The smallest absolute Gasteiger partial charge is 0.122 e. The Bertz CT molecular complexity index is 435. The van der Waals surface area contributed by atoms with Gasteiger partial charge in [0.25, 0.3) is 0 Å². The summed E-state index contributed by atoms with van der Waals surface area (Å²) in [5.41, 5.74) is 7.32. The van der Waals surface area contributed by atoms with E-state index in [4.69, 9.17) is 18.0 Å². The van der Waals surface area contributed by atoms with Crippen molar-refractivity contribution in [3.8, 4) is 0 Å². The van der Waals surface area contributed by atoms with Crippen LogP contribution in [0.3, 0.4) is 0 Å². The Hall–Kier alpha value is -1.20. The fourth-order valence-electron chi connectivity index (χ4n) is 2.31. The van der Waals surface area contributed by atoms with Crippen molar-refractivity contribution >= 4 is 22.9 Å². The van der Waals surface area contributed by atoms with Crippen molar-refractivity contribution in [3.05, 3.63) is 24.0 Å². The molecule has 0 aromatic carbocycles. The van der Waals surface area contributed by atoms with E-state index >= 15 is 0 Å². The van der Waals surface area contributed by atoms with Gasteiger partial charge < -0.3 is 16.0 Å². The molecule has 1 aromatic rings. The average molecular weight is 264 g/mol. The highest BCUT2D eigenvalue weighted by Gasteiger charge is 2.22. The number of thiocarbonyl (C=S) groups is 1. The lowest BCUT2D eigenvalue weighted by molar-refractivity contribution is 0.190. The Balaban J connectivity index is 2.01. The largest absolute Gasteiger partial charge is 0.388 e. The van der Waals surface area contributed by atoms with Crippen LogP contribution in [0.5, 0.6) is 0 Å². The maximum absolute atomic E-state index is 5.59. The number of pyridine rings is 1. The third-order valence-corrected chi connectivity index (χ3v) is 3.80. The summed E-state index contributed by atoms with van der Waals surface area (Å²) in [5.74, 6) is 0. The third kappa shape index (κ3) is 3.17. The van der Waals surface area contributed by atoms with Crippen molar-refractivity contribution in [3.63, 3.8) is 0 Å². The van der Waals surface area contributed by atoms with Crippen molar-refractivity contribution in [1.29, 1.82) is 0 Å². The summed E-state index contributed by atoms with van der Waals surface area (Å²) in [6.07, 6.45) is 4.06. The van der Waals surface area contributed by atoms with Crippen LogP contribution >= 0.6 is 12.2 Å². The molecule has 1 aliphatic rings. The number of anilines is 1. The zero-order valence-electron chi connectivity index (χ0n) is 10.9. The zero-order valence-corrected chi connectivity index (χ0v) is 11.7. The number of hydrogen-bond acceptors (Lipinski definition) is 4. The molecule has 2 atom stereocenters. The van der Waals surface area contributed by atoms with Crippen LogP contribution in [0, 0.1) is 0 Å². The summed E-state index contributed by atoms with van der Waals surface area (Å²) in [5, 5.41) is 3.55. The van der Waals surface area contributed by atoms with Crippen LogP contribution in [-0.4, -0.2) is 40.5 Å². The van der Waals surface area contributed by atoms with Crippen molar-refractivity contribution in [2.24, 2.45) is 5.73 Å². The quantitative estimate of drug-likeness (QED) is 0.812. The van der Waals surface area contributed by atoms with Crippen molar-refractivity contribution in [1.82, 2.24) is 9.88 Å². The second-order valence-electron chi connectivity index (χ2n) is 4.99. The van der Waals surface area contributed by atoms with Gasteiger partial charge in [0, 0.05) is 30.5 Å². The Morgan fingerprint density at radius 3 is 3.06 bits per heavy atom. The number of aromatic nitrogens is 1. The molecule has 2 heterocycles. The Morgan fingerprint density at radius 1 is 1.61 bits per heavy atom. The van der Waals surface area contributed by atoms with Gasteiger partial charge in [-0.15, -0.1) is 0 Å². The molecule has 0 aliphatic carbocycles. The highest BCUT2D eigenvalue weighted by Crippen LogP contribution is 2.20. The van der Waals surface area contributed by atoms with Gasteiger partial charge in [-0.25, -0.2) is 0 Å². The lowest BCUT2D eigenvalue weighted by atomic mass is 9.99. The first-order chi connectivity index (χ1) is 8.56. The summed E-state index contributed by atoms with van der Waals surface area (Å²) in [4.78, 5) is 6.88. The predicted molar refractivity (Wildman–Crippen MR) is 78.9 cm³/mol. The molecule has 1 aliphatic heterocycles. The maximum atomic E-state index is 5.59. The molecule has 0 spiro atoms. The molecule has 98 valence electrons. The monoisotopic (exact) mass is 264 g/mol. The van der Waals surface area contributed by atoms with Gasteiger partial charge in [0.2, 0.25) is 0 Å². The summed E-state index contributed by atoms with van der Waals surface area (Å²) < 4.78 is 0. The van der Waals surface area contributed by atoms with Crippen LogP contribution in [0.15, 0.2) is 18.3 Å². The molecule has 2 rings (SSSR count). The van der Waals surface area contributed by atoms with Crippen molar-refractivity contribution in [2.45, 2.75) is 31.8 Å². The molecular weight excluding hydrogens is 244 g/mol.